The van der Waals surface area contributed by atoms with Crippen molar-refractivity contribution in [2.75, 3.05) is 26.7 Å². The number of methoxy groups -OCH3 is 1. The van der Waals surface area contributed by atoms with E-state index >= 15 is 0 Å². The third-order valence-electron chi connectivity index (χ3n) is 4.55. The zero-order chi connectivity index (χ0) is 15.9. The predicted octanol–water partition coefficient (Wildman–Crippen LogP) is 3.61. The second kappa shape index (κ2) is 8.18. The molecule has 0 bridgehead atoms. The van der Waals surface area contributed by atoms with Gasteiger partial charge in [-0.2, -0.15) is 0 Å². The Morgan fingerprint density at radius 1 is 1.13 bits per heavy atom. The zero-order valence-electron chi connectivity index (χ0n) is 13.8. The zero-order valence-corrected chi connectivity index (χ0v) is 13.8. The van der Waals surface area contributed by atoms with Crippen LogP contribution in [0.4, 0.5) is 0 Å². The molecule has 23 heavy (non-hydrogen) atoms. The summed E-state index contributed by atoms with van der Waals surface area (Å²) in [5.74, 6) is 1.95. The van der Waals surface area contributed by atoms with Crippen LogP contribution in [0.5, 0.6) is 5.75 Å². The minimum absolute atomic E-state index is 0.335. The summed E-state index contributed by atoms with van der Waals surface area (Å²) in [6.45, 7) is 3.96. The molecule has 0 spiro atoms. The summed E-state index contributed by atoms with van der Waals surface area (Å²) in [6, 6.07) is 12.6. The summed E-state index contributed by atoms with van der Waals surface area (Å²) >= 11 is 0. The topological polar surface area (TPSA) is 37.6 Å². The monoisotopic (exact) mass is 314 g/mol. The summed E-state index contributed by atoms with van der Waals surface area (Å²) < 4.78 is 11.0. The Bertz CT molecular complexity index is 577. The summed E-state index contributed by atoms with van der Waals surface area (Å²) in [5, 5.41) is 3.54. The van der Waals surface area contributed by atoms with Crippen LogP contribution in [0.15, 0.2) is 47.1 Å². The molecule has 2 aromatic rings. The highest BCUT2D eigenvalue weighted by molar-refractivity contribution is 5.36. The second-order valence-corrected chi connectivity index (χ2v) is 6.06. The van der Waals surface area contributed by atoms with Crippen molar-refractivity contribution < 1.29 is 9.15 Å². The number of rotatable bonds is 7. The molecule has 1 atom stereocenters. The van der Waals surface area contributed by atoms with E-state index in [-0.39, 0.29) is 0 Å². The van der Waals surface area contributed by atoms with Gasteiger partial charge in [-0.1, -0.05) is 24.6 Å². The molecule has 1 aromatic heterocycles. The van der Waals surface area contributed by atoms with Crippen LogP contribution in [0.1, 0.15) is 36.6 Å². The van der Waals surface area contributed by atoms with Crippen LogP contribution in [0.2, 0.25) is 0 Å². The summed E-state index contributed by atoms with van der Waals surface area (Å²) in [6.07, 6.45) is 5.63. The van der Waals surface area contributed by atoms with Gasteiger partial charge in [0, 0.05) is 12.1 Å². The summed E-state index contributed by atoms with van der Waals surface area (Å²) in [7, 11) is 1.75. The number of nitrogens with zero attached hydrogens (tertiary/aromatic N) is 1. The first-order chi connectivity index (χ1) is 11.4. The Hall–Kier alpha value is -1.78. The minimum Gasteiger partial charge on any atom is -0.496 e. The molecular formula is C19H26N2O2. The number of para-hydroxylation sites is 1. The van der Waals surface area contributed by atoms with Crippen LogP contribution in [0, 0.1) is 0 Å². The van der Waals surface area contributed by atoms with E-state index in [1.165, 1.54) is 24.8 Å². The molecule has 0 amide bonds. The standard InChI is InChI=1S/C19H26N2O2/c1-22-19-10-4-3-9-17(19)18(21-11-5-2-6-12-21)15-20-14-16-8-7-13-23-16/h3-4,7-10,13,18,20H,2,5-6,11-12,14-15H2,1H3. The average Bonchev–Trinajstić information content (AvgIpc) is 3.13. The Balaban J connectivity index is 1.72. The predicted molar refractivity (Wildman–Crippen MR) is 91.6 cm³/mol. The molecule has 1 unspecified atom stereocenters. The maximum absolute atomic E-state index is 5.60. The lowest BCUT2D eigenvalue weighted by atomic mass is 10.0. The molecule has 1 N–H and O–H groups in total. The molecule has 0 saturated carbocycles. The largest absolute Gasteiger partial charge is 0.496 e. The third kappa shape index (κ3) is 4.15. The number of piperidine rings is 1. The van der Waals surface area contributed by atoms with Crippen molar-refractivity contribution in [3.8, 4) is 5.75 Å². The van der Waals surface area contributed by atoms with Gasteiger partial charge in [-0.15, -0.1) is 0 Å². The van der Waals surface area contributed by atoms with Gasteiger partial charge in [0.15, 0.2) is 0 Å². The van der Waals surface area contributed by atoms with E-state index in [9.17, 15) is 0 Å². The number of ether oxygens (including phenoxy) is 1. The van der Waals surface area contributed by atoms with Crippen molar-refractivity contribution in [1.29, 1.82) is 0 Å². The number of hydrogen-bond donors (Lipinski definition) is 1. The van der Waals surface area contributed by atoms with Gasteiger partial charge in [0.05, 0.1) is 26.0 Å². The normalized spacial score (nSPS) is 17.1. The van der Waals surface area contributed by atoms with Crippen LogP contribution in [-0.2, 0) is 6.54 Å². The van der Waals surface area contributed by atoms with Crippen LogP contribution in [0.25, 0.3) is 0 Å². The molecule has 4 nitrogen and oxygen atoms in total. The Morgan fingerprint density at radius 2 is 1.96 bits per heavy atom. The highest BCUT2D eigenvalue weighted by atomic mass is 16.5. The van der Waals surface area contributed by atoms with Crippen molar-refractivity contribution in [3.63, 3.8) is 0 Å². The van der Waals surface area contributed by atoms with Crippen LogP contribution < -0.4 is 10.1 Å². The molecule has 124 valence electrons. The number of hydrogen-bond acceptors (Lipinski definition) is 4. The Labute approximate surface area is 138 Å². The van der Waals surface area contributed by atoms with Gasteiger partial charge >= 0.3 is 0 Å². The van der Waals surface area contributed by atoms with Crippen LogP contribution >= 0.6 is 0 Å². The minimum atomic E-state index is 0.335. The molecule has 1 aromatic carbocycles. The first-order valence-electron chi connectivity index (χ1n) is 8.48. The molecule has 0 aliphatic carbocycles. The molecule has 4 heteroatoms. The maximum atomic E-state index is 5.60. The average molecular weight is 314 g/mol. The highest BCUT2D eigenvalue weighted by Gasteiger charge is 2.24. The fourth-order valence-electron chi connectivity index (χ4n) is 3.35. The Kier molecular flexibility index (Phi) is 5.72. The van der Waals surface area contributed by atoms with E-state index in [2.05, 4.69) is 28.4 Å². The second-order valence-electron chi connectivity index (χ2n) is 6.06. The number of likely N-dealkylation sites (tertiary alicyclic amines) is 1. The third-order valence-corrected chi connectivity index (χ3v) is 4.55. The van der Waals surface area contributed by atoms with Gasteiger partial charge in [0.25, 0.3) is 0 Å². The van der Waals surface area contributed by atoms with E-state index in [4.69, 9.17) is 9.15 Å². The number of nitrogens with one attached hydrogen (secondary N) is 1. The smallest absolute Gasteiger partial charge is 0.123 e. The summed E-state index contributed by atoms with van der Waals surface area (Å²) in [5.41, 5.74) is 1.27. The van der Waals surface area contributed by atoms with Gasteiger partial charge in [0.2, 0.25) is 0 Å². The molecule has 1 aliphatic rings. The molecular weight excluding hydrogens is 288 g/mol. The Morgan fingerprint density at radius 3 is 2.70 bits per heavy atom. The first-order valence-corrected chi connectivity index (χ1v) is 8.48. The lowest BCUT2D eigenvalue weighted by Crippen LogP contribution is -2.39. The molecule has 1 saturated heterocycles. The van der Waals surface area contributed by atoms with Gasteiger partial charge in [0.1, 0.15) is 11.5 Å². The molecule has 1 fully saturated rings. The van der Waals surface area contributed by atoms with Gasteiger partial charge in [-0.3, -0.25) is 4.90 Å². The highest BCUT2D eigenvalue weighted by Crippen LogP contribution is 2.30. The van der Waals surface area contributed by atoms with E-state index < -0.39 is 0 Å². The molecule has 3 rings (SSSR count). The fourth-order valence-corrected chi connectivity index (χ4v) is 3.35. The van der Waals surface area contributed by atoms with Crippen molar-refractivity contribution in [2.45, 2.75) is 31.8 Å². The van der Waals surface area contributed by atoms with E-state index in [0.29, 0.717) is 6.04 Å². The van der Waals surface area contributed by atoms with Gasteiger partial charge in [-0.25, -0.2) is 0 Å². The number of furan rings is 1. The lowest BCUT2D eigenvalue weighted by molar-refractivity contribution is 0.157. The number of benzene rings is 1. The van der Waals surface area contributed by atoms with E-state index in [1.54, 1.807) is 13.4 Å². The molecule has 1 aliphatic heterocycles. The van der Waals surface area contributed by atoms with Crippen molar-refractivity contribution in [3.05, 3.63) is 54.0 Å². The van der Waals surface area contributed by atoms with Crippen LogP contribution in [0.3, 0.4) is 0 Å². The molecule has 0 radical (unpaired) electrons. The summed E-state index contributed by atoms with van der Waals surface area (Å²) in [4.78, 5) is 2.58. The molecule has 2 heterocycles. The lowest BCUT2D eigenvalue weighted by Gasteiger charge is -2.35. The van der Waals surface area contributed by atoms with E-state index in [1.807, 2.05) is 18.2 Å². The van der Waals surface area contributed by atoms with Gasteiger partial charge < -0.3 is 14.5 Å². The van der Waals surface area contributed by atoms with Crippen molar-refractivity contribution >= 4 is 0 Å². The quantitative estimate of drug-likeness (QED) is 0.847. The fraction of sp³-hybridized carbons (Fsp3) is 0.474. The van der Waals surface area contributed by atoms with Crippen LogP contribution in [-0.4, -0.2) is 31.6 Å². The van der Waals surface area contributed by atoms with Crippen molar-refractivity contribution in [2.24, 2.45) is 0 Å². The van der Waals surface area contributed by atoms with E-state index in [0.717, 1.165) is 37.7 Å². The first kappa shape index (κ1) is 16.1. The SMILES string of the molecule is COc1ccccc1C(CNCc1ccco1)N1CCCCC1. The maximum Gasteiger partial charge on any atom is 0.123 e. The van der Waals surface area contributed by atoms with Gasteiger partial charge in [-0.05, 0) is 44.1 Å². The van der Waals surface area contributed by atoms with Crippen molar-refractivity contribution in [1.82, 2.24) is 10.2 Å².